The number of ketones is 1. The standard InChI is InChI=1S/C32H31N3O4S/c1-18-9-11-19(12-10-18)31(37)35(21-5-4-6-21)26-16-28(40-29(26)32(38)39)20-13-14-22-23(15-20)27(36)17-34-25-8-3-2-7-24(25)33-30(22)34/h2-3,7-8,13-16,18-19,21H,4-6,9-12,17H2,1H3,(H,38,39). The number of hydrogen-bond acceptors (Lipinski definition) is 5. The molecule has 4 aromatic rings. The Hall–Kier alpha value is -3.78. The van der Waals surface area contributed by atoms with Crippen LogP contribution in [0.25, 0.3) is 32.9 Å². The predicted octanol–water partition coefficient (Wildman–Crippen LogP) is 7.04. The van der Waals surface area contributed by atoms with Gasteiger partial charge in [-0.25, -0.2) is 9.78 Å². The number of benzene rings is 2. The molecule has 0 saturated heterocycles. The summed E-state index contributed by atoms with van der Waals surface area (Å²) in [5.41, 5.74) is 4.45. The molecule has 40 heavy (non-hydrogen) atoms. The number of imidazole rings is 1. The van der Waals surface area contributed by atoms with Crippen LogP contribution in [0.4, 0.5) is 5.69 Å². The molecule has 7 rings (SSSR count). The number of aromatic nitrogens is 2. The van der Waals surface area contributed by atoms with E-state index in [1.165, 1.54) is 11.3 Å². The van der Waals surface area contributed by atoms with Crippen LogP contribution in [0.2, 0.25) is 0 Å². The molecule has 1 N–H and O–H groups in total. The average molecular weight is 554 g/mol. The zero-order valence-electron chi connectivity index (χ0n) is 22.4. The third-order valence-electron chi connectivity index (χ3n) is 9.01. The predicted molar refractivity (Wildman–Crippen MR) is 156 cm³/mol. The third kappa shape index (κ3) is 4.08. The van der Waals surface area contributed by atoms with Gasteiger partial charge in [0.1, 0.15) is 10.7 Å². The van der Waals surface area contributed by atoms with E-state index in [0.717, 1.165) is 77.8 Å². The molecule has 2 aromatic heterocycles. The van der Waals surface area contributed by atoms with Crippen LogP contribution in [-0.4, -0.2) is 38.4 Å². The van der Waals surface area contributed by atoms with Crippen LogP contribution in [0.15, 0.2) is 48.5 Å². The topological polar surface area (TPSA) is 92.5 Å². The second kappa shape index (κ2) is 9.70. The maximum Gasteiger partial charge on any atom is 0.348 e. The molecule has 0 atom stereocenters. The van der Waals surface area contributed by atoms with Crippen LogP contribution in [0.3, 0.4) is 0 Å². The van der Waals surface area contributed by atoms with Gasteiger partial charge in [0.25, 0.3) is 0 Å². The molecule has 8 heteroatoms. The summed E-state index contributed by atoms with van der Waals surface area (Å²) >= 11 is 1.18. The molecule has 3 aliphatic rings. The summed E-state index contributed by atoms with van der Waals surface area (Å²) in [5, 5.41) is 10.2. The van der Waals surface area contributed by atoms with E-state index in [-0.39, 0.29) is 35.1 Å². The van der Waals surface area contributed by atoms with Crippen molar-refractivity contribution >= 4 is 45.7 Å². The molecular weight excluding hydrogens is 522 g/mol. The Morgan fingerprint density at radius 2 is 1.77 bits per heavy atom. The maximum atomic E-state index is 13.9. The summed E-state index contributed by atoms with van der Waals surface area (Å²) in [4.78, 5) is 47.2. The van der Waals surface area contributed by atoms with Crippen molar-refractivity contribution < 1.29 is 19.5 Å². The fourth-order valence-electron chi connectivity index (χ4n) is 6.49. The van der Waals surface area contributed by atoms with E-state index in [4.69, 9.17) is 4.98 Å². The Balaban J connectivity index is 1.28. The molecule has 3 heterocycles. The lowest BCUT2D eigenvalue weighted by molar-refractivity contribution is -0.124. The van der Waals surface area contributed by atoms with E-state index in [1.807, 2.05) is 58.0 Å². The second-order valence-corrected chi connectivity index (χ2v) is 12.6. The van der Waals surface area contributed by atoms with Gasteiger partial charge < -0.3 is 14.6 Å². The van der Waals surface area contributed by atoms with E-state index >= 15 is 0 Å². The van der Waals surface area contributed by atoms with Crippen molar-refractivity contribution in [3.63, 3.8) is 0 Å². The number of aromatic carboxylic acids is 1. The molecule has 2 fully saturated rings. The first-order valence-corrected chi connectivity index (χ1v) is 15.0. The summed E-state index contributed by atoms with van der Waals surface area (Å²) in [6, 6.07) is 15.4. The highest BCUT2D eigenvalue weighted by atomic mass is 32.1. The first kappa shape index (κ1) is 25.2. The number of anilines is 1. The zero-order chi connectivity index (χ0) is 27.5. The number of Topliss-reactive ketones (excluding diaryl/α,β-unsaturated/α-hetero) is 1. The van der Waals surface area contributed by atoms with Crippen molar-refractivity contribution in [2.24, 2.45) is 11.8 Å². The zero-order valence-corrected chi connectivity index (χ0v) is 23.2. The Morgan fingerprint density at radius 3 is 2.50 bits per heavy atom. The van der Waals surface area contributed by atoms with E-state index in [9.17, 15) is 19.5 Å². The first-order chi connectivity index (χ1) is 19.4. The van der Waals surface area contributed by atoms with Gasteiger partial charge in [0.05, 0.1) is 23.3 Å². The van der Waals surface area contributed by atoms with Gasteiger partial charge in [-0.3, -0.25) is 9.59 Å². The fraction of sp³-hybridized carbons (Fsp3) is 0.375. The highest BCUT2D eigenvalue weighted by Crippen LogP contribution is 2.44. The SMILES string of the molecule is CC1CCC(C(=O)N(c2cc(-c3ccc4c(c3)C(=O)Cn3c-4nc4ccccc43)sc2C(=O)O)C2CCC2)CC1. The van der Waals surface area contributed by atoms with Gasteiger partial charge in [0, 0.05) is 28.0 Å². The van der Waals surface area contributed by atoms with E-state index in [2.05, 4.69) is 6.92 Å². The van der Waals surface area contributed by atoms with E-state index in [0.29, 0.717) is 17.2 Å². The number of amides is 1. The van der Waals surface area contributed by atoms with Crippen LogP contribution in [0.1, 0.15) is 71.9 Å². The van der Waals surface area contributed by atoms with Crippen LogP contribution in [0, 0.1) is 11.8 Å². The molecule has 7 nitrogen and oxygen atoms in total. The number of carboxylic acids is 1. The fourth-order valence-corrected chi connectivity index (χ4v) is 7.48. The Bertz CT molecular complexity index is 1670. The molecule has 0 spiro atoms. The van der Waals surface area contributed by atoms with Crippen molar-refractivity contribution in [1.82, 2.24) is 9.55 Å². The molecule has 2 aromatic carbocycles. The van der Waals surface area contributed by atoms with Crippen LogP contribution < -0.4 is 4.90 Å². The Labute approximate surface area is 236 Å². The Morgan fingerprint density at radius 1 is 1.00 bits per heavy atom. The minimum atomic E-state index is -1.02. The quantitative estimate of drug-likeness (QED) is 0.286. The number of thiophene rings is 1. The largest absolute Gasteiger partial charge is 0.477 e. The highest BCUT2D eigenvalue weighted by Gasteiger charge is 2.38. The van der Waals surface area contributed by atoms with Gasteiger partial charge in [-0.1, -0.05) is 25.1 Å². The van der Waals surface area contributed by atoms with Crippen molar-refractivity contribution in [3.05, 3.63) is 59.0 Å². The number of fused-ring (bicyclic) bond motifs is 5. The summed E-state index contributed by atoms with van der Waals surface area (Å²) in [7, 11) is 0. The third-order valence-corrected chi connectivity index (χ3v) is 10.2. The lowest BCUT2D eigenvalue weighted by atomic mass is 9.81. The van der Waals surface area contributed by atoms with Crippen molar-refractivity contribution in [1.29, 1.82) is 0 Å². The molecule has 0 radical (unpaired) electrons. The second-order valence-electron chi connectivity index (χ2n) is 11.6. The summed E-state index contributed by atoms with van der Waals surface area (Å²) < 4.78 is 1.96. The van der Waals surface area contributed by atoms with Crippen LogP contribution >= 0.6 is 11.3 Å². The van der Waals surface area contributed by atoms with Gasteiger partial charge in [-0.05, 0) is 86.8 Å². The number of rotatable bonds is 5. The number of hydrogen-bond donors (Lipinski definition) is 1. The van der Waals surface area contributed by atoms with E-state index < -0.39 is 5.97 Å². The van der Waals surface area contributed by atoms with Crippen molar-refractivity contribution in [3.8, 4) is 21.8 Å². The smallest absolute Gasteiger partial charge is 0.348 e. The van der Waals surface area contributed by atoms with Gasteiger partial charge >= 0.3 is 5.97 Å². The molecule has 2 saturated carbocycles. The van der Waals surface area contributed by atoms with Gasteiger partial charge in [0.2, 0.25) is 5.91 Å². The van der Waals surface area contributed by atoms with Gasteiger partial charge in [-0.2, -0.15) is 0 Å². The average Bonchev–Trinajstić information content (AvgIpc) is 3.53. The molecule has 0 bridgehead atoms. The number of para-hydroxylation sites is 2. The molecular formula is C32H31N3O4S. The van der Waals surface area contributed by atoms with Crippen molar-refractivity contribution in [2.45, 2.75) is 64.5 Å². The van der Waals surface area contributed by atoms with Gasteiger partial charge in [0.15, 0.2) is 5.78 Å². The lowest BCUT2D eigenvalue weighted by Crippen LogP contribution is -2.48. The summed E-state index contributed by atoms with van der Waals surface area (Å²) in [6.45, 7) is 2.45. The minimum Gasteiger partial charge on any atom is -0.477 e. The van der Waals surface area contributed by atoms with Crippen LogP contribution in [-0.2, 0) is 11.3 Å². The van der Waals surface area contributed by atoms with Crippen molar-refractivity contribution in [2.75, 3.05) is 4.90 Å². The summed E-state index contributed by atoms with van der Waals surface area (Å²) in [6.07, 6.45) is 6.63. The number of nitrogens with zero attached hydrogens (tertiary/aromatic N) is 3. The minimum absolute atomic E-state index is 0.000500. The number of carbonyl (C=O) groups excluding carboxylic acids is 2. The normalized spacial score (nSPS) is 20.6. The van der Waals surface area contributed by atoms with E-state index in [1.54, 1.807) is 0 Å². The first-order valence-electron chi connectivity index (χ1n) is 14.2. The number of carbonyl (C=O) groups is 3. The number of carboxylic acid groups (broad SMARTS) is 1. The molecule has 0 unspecified atom stereocenters. The lowest BCUT2D eigenvalue weighted by Gasteiger charge is -2.40. The monoisotopic (exact) mass is 553 g/mol. The van der Waals surface area contributed by atoms with Crippen LogP contribution in [0.5, 0.6) is 0 Å². The summed E-state index contributed by atoms with van der Waals surface area (Å²) in [5.74, 6) is 0.394. The molecule has 1 amide bonds. The molecule has 204 valence electrons. The molecule has 2 aliphatic carbocycles. The maximum absolute atomic E-state index is 13.9. The molecule has 1 aliphatic heterocycles. The van der Waals surface area contributed by atoms with Gasteiger partial charge in [-0.15, -0.1) is 11.3 Å². The Kier molecular flexibility index (Phi) is 6.11. The highest BCUT2D eigenvalue weighted by molar-refractivity contribution is 7.18.